The predicted octanol–water partition coefficient (Wildman–Crippen LogP) is 2.80. The highest BCUT2D eigenvalue weighted by molar-refractivity contribution is 5.81. The highest BCUT2D eigenvalue weighted by Gasteiger charge is 2.29. The van der Waals surface area contributed by atoms with Gasteiger partial charge in [-0.15, -0.1) is 0 Å². The number of benzene rings is 1. The highest BCUT2D eigenvalue weighted by Crippen LogP contribution is 2.31. The molecule has 1 aromatic carbocycles. The number of piperidine rings is 1. The van der Waals surface area contributed by atoms with E-state index in [4.69, 9.17) is 4.74 Å². The van der Waals surface area contributed by atoms with E-state index in [1.165, 1.54) is 12.5 Å². The van der Waals surface area contributed by atoms with E-state index < -0.39 is 0 Å². The average molecular weight is 389 g/mol. The maximum absolute atomic E-state index is 12.3. The molecule has 8 nitrogen and oxygen atoms in total. The van der Waals surface area contributed by atoms with Gasteiger partial charge in [0.1, 0.15) is 5.69 Å². The second-order valence-corrected chi connectivity index (χ2v) is 7.52. The molecular formula is C20H27N3O5. The number of hydrogen-bond donors (Lipinski definition) is 1. The number of hydrogen-bond acceptors (Lipinski definition) is 6. The van der Waals surface area contributed by atoms with Crippen LogP contribution in [0.5, 0.6) is 0 Å². The van der Waals surface area contributed by atoms with Crippen molar-refractivity contribution < 1.29 is 19.2 Å². The molecule has 1 aromatic rings. The summed E-state index contributed by atoms with van der Waals surface area (Å²) in [6.45, 7) is 0.845. The molecule has 152 valence electrons. The molecule has 2 fully saturated rings. The van der Waals surface area contributed by atoms with E-state index in [1.54, 1.807) is 18.2 Å². The number of anilines is 1. The zero-order valence-electron chi connectivity index (χ0n) is 16.0. The molecule has 1 heterocycles. The van der Waals surface area contributed by atoms with Gasteiger partial charge in [-0.2, -0.15) is 0 Å². The van der Waals surface area contributed by atoms with Gasteiger partial charge in [0.25, 0.3) is 11.6 Å². The molecule has 28 heavy (non-hydrogen) atoms. The Kier molecular flexibility index (Phi) is 6.84. The molecule has 0 unspecified atom stereocenters. The number of nitro groups is 1. The number of amides is 1. The van der Waals surface area contributed by atoms with Crippen LogP contribution in [-0.4, -0.2) is 42.5 Å². The molecule has 3 rings (SSSR count). The first kappa shape index (κ1) is 20.1. The monoisotopic (exact) mass is 389 g/mol. The van der Waals surface area contributed by atoms with Crippen LogP contribution in [0, 0.1) is 16.0 Å². The Bertz CT molecular complexity index is 710. The number of esters is 1. The lowest BCUT2D eigenvalue weighted by atomic mass is 9.95. The first-order chi connectivity index (χ1) is 13.5. The number of nitrogens with one attached hydrogen (secondary N) is 1. The summed E-state index contributed by atoms with van der Waals surface area (Å²) in [5, 5.41) is 14.1. The van der Waals surface area contributed by atoms with Crippen LogP contribution in [0.2, 0.25) is 0 Å². The van der Waals surface area contributed by atoms with Gasteiger partial charge in [0.15, 0.2) is 6.61 Å². The number of ether oxygens (including phenoxy) is 1. The van der Waals surface area contributed by atoms with Crippen LogP contribution >= 0.6 is 0 Å². The summed E-state index contributed by atoms with van der Waals surface area (Å²) in [5.41, 5.74) is 0.647. The zero-order valence-corrected chi connectivity index (χ0v) is 16.0. The Morgan fingerprint density at radius 1 is 1.11 bits per heavy atom. The summed E-state index contributed by atoms with van der Waals surface area (Å²) in [6, 6.07) is 6.83. The van der Waals surface area contributed by atoms with Crippen molar-refractivity contribution in [1.82, 2.24) is 5.32 Å². The summed E-state index contributed by atoms with van der Waals surface area (Å²) in [7, 11) is 0. The third-order valence-corrected chi connectivity index (χ3v) is 5.56. The Labute approximate surface area is 164 Å². The Hall–Kier alpha value is -2.64. The van der Waals surface area contributed by atoms with Crippen LogP contribution in [-0.2, 0) is 14.3 Å². The number of carbonyl (C=O) groups excluding carboxylic acids is 2. The van der Waals surface area contributed by atoms with Gasteiger partial charge in [0, 0.05) is 25.2 Å². The van der Waals surface area contributed by atoms with Crippen molar-refractivity contribution in [3.05, 3.63) is 34.4 Å². The fourth-order valence-corrected chi connectivity index (χ4v) is 4.01. The minimum absolute atomic E-state index is 0.0721. The van der Waals surface area contributed by atoms with E-state index in [9.17, 15) is 19.7 Å². The first-order valence-corrected chi connectivity index (χ1v) is 9.99. The van der Waals surface area contributed by atoms with Crippen molar-refractivity contribution in [2.45, 2.75) is 51.0 Å². The predicted molar refractivity (Wildman–Crippen MR) is 104 cm³/mol. The lowest BCUT2D eigenvalue weighted by Crippen LogP contribution is -2.40. The second-order valence-electron chi connectivity index (χ2n) is 7.52. The molecule has 0 bridgehead atoms. The minimum Gasteiger partial charge on any atom is -0.455 e. The highest BCUT2D eigenvalue weighted by atomic mass is 16.6. The van der Waals surface area contributed by atoms with Gasteiger partial charge in [-0.3, -0.25) is 19.7 Å². The topological polar surface area (TPSA) is 102 Å². The third-order valence-electron chi connectivity index (χ3n) is 5.56. The third kappa shape index (κ3) is 5.21. The Morgan fingerprint density at radius 3 is 2.46 bits per heavy atom. The maximum atomic E-state index is 12.3. The van der Waals surface area contributed by atoms with E-state index in [1.807, 2.05) is 4.90 Å². The molecular weight excluding hydrogens is 362 g/mol. The summed E-state index contributed by atoms with van der Waals surface area (Å²) in [5.74, 6) is -0.875. The van der Waals surface area contributed by atoms with Gasteiger partial charge in [0.05, 0.1) is 10.8 Å². The fraction of sp³-hybridized carbons (Fsp3) is 0.600. The average Bonchev–Trinajstić information content (AvgIpc) is 2.73. The van der Waals surface area contributed by atoms with Gasteiger partial charge < -0.3 is 15.0 Å². The van der Waals surface area contributed by atoms with Crippen molar-refractivity contribution >= 4 is 23.3 Å². The smallest absolute Gasteiger partial charge is 0.309 e. The van der Waals surface area contributed by atoms with Gasteiger partial charge in [-0.05, 0) is 31.7 Å². The number of para-hydroxylation sites is 2. The standard InChI is InChI=1S/C20H27N3O5/c24-19(21-16-6-2-1-3-7-16)14-28-20(25)15-10-12-22(13-11-15)17-8-4-5-9-18(17)23(26)27/h4-5,8-9,15-16H,1-3,6-7,10-14H2,(H,21,24). The van der Waals surface area contributed by atoms with E-state index in [0.717, 1.165) is 25.7 Å². The van der Waals surface area contributed by atoms with E-state index in [0.29, 0.717) is 31.6 Å². The van der Waals surface area contributed by atoms with E-state index in [2.05, 4.69) is 5.32 Å². The minimum atomic E-state index is -0.388. The molecule has 8 heteroatoms. The van der Waals surface area contributed by atoms with Crippen LogP contribution in [0.4, 0.5) is 11.4 Å². The van der Waals surface area contributed by atoms with E-state index >= 15 is 0 Å². The van der Waals surface area contributed by atoms with Gasteiger partial charge in [-0.1, -0.05) is 31.4 Å². The SMILES string of the molecule is O=C(COC(=O)C1CCN(c2ccccc2[N+](=O)[O-])CC1)NC1CCCCC1. The van der Waals surface area contributed by atoms with Crippen molar-refractivity contribution in [3.63, 3.8) is 0 Å². The van der Waals surface area contributed by atoms with Crippen molar-refractivity contribution in [2.24, 2.45) is 5.92 Å². The number of nitro benzene ring substituents is 1. The fourth-order valence-electron chi connectivity index (χ4n) is 4.01. The molecule has 1 aliphatic heterocycles. The van der Waals surface area contributed by atoms with Crippen molar-refractivity contribution in [3.8, 4) is 0 Å². The largest absolute Gasteiger partial charge is 0.455 e. The lowest BCUT2D eigenvalue weighted by molar-refractivity contribution is -0.384. The number of carbonyl (C=O) groups is 2. The van der Waals surface area contributed by atoms with Gasteiger partial charge >= 0.3 is 5.97 Å². The lowest BCUT2D eigenvalue weighted by Gasteiger charge is -2.32. The molecule has 1 amide bonds. The maximum Gasteiger partial charge on any atom is 0.309 e. The van der Waals surface area contributed by atoms with Crippen molar-refractivity contribution in [2.75, 3.05) is 24.6 Å². The molecule has 0 atom stereocenters. The van der Waals surface area contributed by atoms with Crippen LogP contribution in [0.25, 0.3) is 0 Å². The summed E-state index contributed by atoms with van der Waals surface area (Å²) in [6.07, 6.45) is 6.55. The molecule has 1 N–H and O–H groups in total. The molecule has 0 aromatic heterocycles. The zero-order chi connectivity index (χ0) is 19.9. The molecule has 1 aliphatic carbocycles. The van der Waals surface area contributed by atoms with Gasteiger partial charge in [0.2, 0.25) is 0 Å². The Balaban J connectivity index is 1.44. The number of rotatable bonds is 6. The molecule has 1 saturated heterocycles. The molecule has 0 radical (unpaired) electrons. The summed E-state index contributed by atoms with van der Waals surface area (Å²) >= 11 is 0. The normalized spacial score (nSPS) is 18.5. The van der Waals surface area contributed by atoms with Crippen LogP contribution in [0.3, 0.4) is 0 Å². The summed E-state index contributed by atoms with van der Waals surface area (Å²) in [4.78, 5) is 37.0. The number of nitrogens with zero attached hydrogens (tertiary/aromatic N) is 2. The summed E-state index contributed by atoms with van der Waals surface area (Å²) < 4.78 is 5.21. The Morgan fingerprint density at radius 2 is 1.79 bits per heavy atom. The quantitative estimate of drug-likeness (QED) is 0.456. The van der Waals surface area contributed by atoms with Crippen molar-refractivity contribution in [1.29, 1.82) is 0 Å². The van der Waals surface area contributed by atoms with Gasteiger partial charge in [-0.25, -0.2) is 0 Å². The van der Waals surface area contributed by atoms with Crippen LogP contribution in [0.1, 0.15) is 44.9 Å². The molecule has 2 aliphatic rings. The van der Waals surface area contributed by atoms with Crippen LogP contribution < -0.4 is 10.2 Å². The van der Waals surface area contributed by atoms with E-state index in [-0.39, 0.29) is 41.1 Å². The van der Waals surface area contributed by atoms with Crippen LogP contribution in [0.15, 0.2) is 24.3 Å². The second kappa shape index (κ2) is 9.52. The molecule has 1 saturated carbocycles. The first-order valence-electron chi connectivity index (χ1n) is 9.99. The molecule has 0 spiro atoms.